The van der Waals surface area contributed by atoms with E-state index in [4.69, 9.17) is 0 Å². The zero-order chi connectivity index (χ0) is 23.0. The highest BCUT2D eigenvalue weighted by atomic mass is 16.4. The summed E-state index contributed by atoms with van der Waals surface area (Å²) in [5.74, 6) is 0.224. The van der Waals surface area contributed by atoms with E-state index in [1.165, 1.54) is 4.90 Å². The Hall–Kier alpha value is -3.36. The van der Waals surface area contributed by atoms with Crippen molar-refractivity contribution in [3.63, 3.8) is 0 Å². The predicted molar refractivity (Wildman–Crippen MR) is 121 cm³/mol. The third kappa shape index (κ3) is 4.19. The maximum atomic E-state index is 12.9. The van der Waals surface area contributed by atoms with Gasteiger partial charge in [-0.1, -0.05) is 19.9 Å². The Morgan fingerprint density at radius 1 is 1.25 bits per heavy atom. The first-order valence-electron chi connectivity index (χ1n) is 11.0. The third-order valence-corrected chi connectivity index (χ3v) is 6.03. The lowest BCUT2D eigenvalue weighted by molar-refractivity contribution is -0.123. The molecule has 1 saturated heterocycles. The average Bonchev–Trinajstić information content (AvgIpc) is 3.22. The first-order valence-corrected chi connectivity index (χ1v) is 11.0. The van der Waals surface area contributed by atoms with Gasteiger partial charge in [-0.15, -0.1) is 0 Å². The molecular weight excluding hydrogens is 410 g/mol. The van der Waals surface area contributed by atoms with Gasteiger partial charge in [0.25, 0.3) is 0 Å². The fourth-order valence-corrected chi connectivity index (χ4v) is 4.49. The first-order chi connectivity index (χ1) is 15.2. The summed E-state index contributed by atoms with van der Waals surface area (Å²) < 4.78 is 1.81. The zero-order valence-electron chi connectivity index (χ0n) is 18.6. The number of benzene rings is 1. The summed E-state index contributed by atoms with van der Waals surface area (Å²) in [6, 6.07) is 5.27. The Morgan fingerprint density at radius 2 is 2.03 bits per heavy atom. The minimum Gasteiger partial charge on any atom is -0.465 e. The van der Waals surface area contributed by atoms with Crippen molar-refractivity contribution in [2.24, 2.45) is 5.92 Å². The topological polar surface area (TPSA) is 108 Å². The van der Waals surface area contributed by atoms with Crippen LogP contribution >= 0.6 is 0 Å². The molecule has 2 aliphatic heterocycles. The highest BCUT2D eigenvalue weighted by molar-refractivity contribution is 6.03. The second-order valence-corrected chi connectivity index (χ2v) is 9.01. The largest absolute Gasteiger partial charge is 0.465 e. The Morgan fingerprint density at radius 3 is 2.72 bits per heavy atom. The van der Waals surface area contributed by atoms with Gasteiger partial charge in [-0.2, -0.15) is 5.10 Å². The number of aromatic nitrogens is 2. The zero-order valence-corrected chi connectivity index (χ0v) is 18.6. The van der Waals surface area contributed by atoms with Gasteiger partial charge in [0.1, 0.15) is 0 Å². The standard InChI is InChI=1S/C23H29N5O4/c1-14(2)8-22(30)28-15(3)12-26(23(31)32)20-9-16(4-5-19(20)28)17-11-25-27(13-17)18-6-7-24-21(29)10-18/h4-5,9,11,13-15,18H,6-8,10,12H2,1-3H3,(H,24,29)(H,31,32)/t15-,18?/m0/s1. The quantitative estimate of drug-likeness (QED) is 0.760. The number of piperidine rings is 1. The van der Waals surface area contributed by atoms with Gasteiger partial charge >= 0.3 is 6.09 Å². The average molecular weight is 440 g/mol. The summed E-state index contributed by atoms with van der Waals surface area (Å²) in [5.41, 5.74) is 2.75. The number of carboxylic acid groups (broad SMARTS) is 1. The summed E-state index contributed by atoms with van der Waals surface area (Å²) in [6.45, 7) is 6.70. The third-order valence-electron chi connectivity index (χ3n) is 6.03. The fourth-order valence-electron chi connectivity index (χ4n) is 4.49. The number of carbonyl (C=O) groups excluding carboxylic acids is 2. The molecule has 2 atom stereocenters. The lowest BCUT2D eigenvalue weighted by atomic mass is 10.0. The van der Waals surface area contributed by atoms with Crippen LogP contribution in [0.5, 0.6) is 0 Å². The smallest absolute Gasteiger partial charge is 0.411 e. The van der Waals surface area contributed by atoms with E-state index >= 15 is 0 Å². The molecule has 1 aromatic carbocycles. The molecule has 9 heteroatoms. The van der Waals surface area contributed by atoms with Crippen LogP contribution in [-0.2, 0) is 9.59 Å². The molecule has 0 saturated carbocycles. The van der Waals surface area contributed by atoms with E-state index in [0.29, 0.717) is 30.8 Å². The second kappa shape index (κ2) is 8.64. The number of nitrogens with one attached hydrogen (secondary N) is 1. The SMILES string of the molecule is CC(C)CC(=O)N1c2ccc(-c3cnn(C4CCNC(=O)C4)c3)cc2N(C(=O)O)C[C@@H]1C. The molecule has 1 fully saturated rings. The van der Waals surface area contributed by atoms with E-state index in [9.17, 15) is 19.5 Å². The van der Waals surface area contributed by atoms with Gasteiger partial charge in [0.05, 0.1) is 29.7 Å². The summed E-state index contributed by atoms with van der Waals surface area (Å²) in [5, 5.41) is 17.1. The molecule has 0 aliphatic carbocycles. The molecule has 4 rings (SSSR count). The minimum absolute atomic E-state index is 0.00469. The van der Waals surface area contributed by atoms with Crippen LogP contribution < -0.4 is 15.1 Å². The van der Waals surface area contributed by atoms with Crippen LogP contribution in [0.2, 0.25) is 0 Å². The van der Waals surface area contributed by atoms with Gasteiger partial charge in [0, 0.05) is 37.7 Å². The van der Waals surface area contributed by atoms with E-state index in [0.717, 1.165) is 17.5 Å². The van der Waals surface area contributed by atoms with Crippen molar-refractivity contribution in [2.45, 2.75) is 52.1 Å². The maximum Gasteiger partial charge on any atom is 0.411 e. The number of hydrogen-bond donors (Lipinski definition) is 2. The van der Waals surface area contributed by atoms with Crippen LogP contribution in [0.25, 0.3) is 11.1 Å². The van der Waals surface area contributed by atoms with Crippen molar-refractivity contribution in [2.75, 3.05) is 22.9 Å². The van der Waals surface area contributed by atoms with Crippen molar-refractivity contribution in [3.8, 4) is 11.1 Å². The number of fused-ring (bicyclic) bond motifs is 1. The molecule has 32 heavy (non-hydrogen) atoms. The van der Waals surface area contributed by atoms with Crippen LogP contribution in [0.15, 0.2) is 30.6 Å². The Kier molecular flexibility index (Phi) is 5.90. The highest BCUT2D eigenvalue weighted by Gasteiger charge is 2.35. The van der Waals surface area contributed by atoms with Gasteiger partial charge in [0.2, 0.25) is 11.8 Å². The molecule has 2 N–H and O–H groups in total. The summed E-state index contributed by atoms with van der Waals surface area (Å²) in [4.78, 5) is 39.7. The Bertz CT molecular complexity index is 1050. The lowest BCUT2D eigenvalue weighted by Gasteiger charge is -2.40. The number of hydrogen-bond acceptors (Lipinski definition) is 4. The Balaban J connectivity index is 1.69. The normalized spacial score (nSPS) is 20.8. The van der Waals surface area contributed by atoms with Crippen molar-refractivity contribution < 1.29 is 19.5 Å². The van der Waals surface area contributed by atoms with Crippen molar-refractivity contribution >= 4 is 29.3 Å². The molecule has 170 valence electrons. The molecule has 3 heterocycles. The van der Waals surface area contributed by atoms with E-state index in [1.807, 2.05) is 43.8 Å². The molecule has 0 bridgehead atoms. The fraction of sp³-hybridized carbons (Fsp3) is 0.478. The van der Waals surface area contributed by atoms with E-state index < -0.39 is 6.09 Å². The molecular formula is C23H29N5O4. The van der Waals surface area contributed by atoms with E-state index in [-0.39, 0.29) is 36.4 Å². The Labute approximate surface area is 187 Å². The van der Waals surface area contributed by atoms with Crippen LogP contribution in [0.3, 0.4) is 0 Å². The summed E-state index contributed by atoms with van der Waals surface area (Å²) in [7, 11) is 0. The van der Waals surface area contributed by atoms with Crippen LogP contribution in [0.4, 0.5) is 16.2 Å². The van der Waals surface area contributed by atoms with Gasteiger partial charge in [-0.25, -0.2) is 4.79 Å². The summed E-state index contributed by atoms with van der Waals surface area (Å²) in [6.07, 6.45) is 4.18. The lowest BCUT2D eigenvalue weighted by Crippen LogP contribution is -2.51. The predicted octanol–water partition coefficient (Wildman–Crippen LogP) is 3.27. The number of rotatable bonds is 4. The van der Waals surface area contributed by atoms with Gasteiger partial charge < -0.3 is 15.3 Å². The molecule has 3 amide bonds. The van der Waals surface area contributed by atoms with Gasteiger partial charge in [0.15, 0.2) is 0 Å². The maximum absolute atomic E-state index is 12.9. The van der Waals surface area contributed by atoms with Crippen molar-refractivity contribution in [3.05, 3.63) is 30.6 Å². The molecule has 1 unspecified atom stereocenters. The number of carbonyl (C=O) groups is 3. The highest BCUT2D eigenvalue weighted by Crippen LogP contribution is 2.39. The summed E-state index contributed by atoms with van der Waals surface area (Å²) >= 11 is 0. The second-order valence-electron chi connectivity index (χ2n) is 9.01. The first kappa shape index (κ1) is 21.9. The number of nitrogens with zero attached hydrogens (tertiary/aromatic N) is 4. The van der Waals surface area contributed by atoms with Crippen LogP contribution in [0.1, 0.15) is 46.1 Å². The number of amides is 3. The number of anilines is 2. The molecule has 2 aliphatic rings. The molecule has 0 spiro atoms. The monoisotopic (exact) mass is 439 g/mol. The van der Waals surface area contributed by atoms with Gasteiger partial charge in [-0.05, 0) is 37.0 Å². The molecule has 1 aromatic heterocycles. The van der Waals surface area contributed by atoms with Crippen molar-refractivity contribution in [1.29, 1.82) is 0 Å². The minimum atomic E-state index is -1.05. The van der Waals surface area contributed by atoms with E-state index in [2.05, 4.69) is 10.4 Å². The molecule has 2 aromatic rings. The van der Waals surface area contributed by atoms with Gasteiger partial charge in [-0.3, -0.25) is 19.2 Å². The van der Waals surface area contributed by atoms with Crippen molar-refractivity contribution in [1.82, 2.24) is 15.1 Å². The molecule has 9 nitrogen and oxygen atoms in total. The van der Waals surface area contributed by atoms with E-state index in [1.54, 1.807) is 17.2 Å². The molecule has 0 radical (unpaired) electrons. The van der Waals surface area contributed by atoms with Crippen LogP contribution in [-0.4, -0.2) is 51.9 Å². The van der Waals surface area contributed by atoms with Crippen LogP contribution in [0, 0.1) is 5.92 Å².